The van der Waals surface area contributed by atoms with E-state index in [0.29, 0.717) is 11.3 Å². The molecule has 1 aliphatic heterocycles. The Labute approximate surface area is 159 Å². The van der Waals surface area contributed by atoms with E-state index < -0.39 is 5.97 Å². The third kappa shape index (κ3) is 5.93. The van der Waals surface area contributed by atoms with Gasteiger partial charge in [0, 0.05) is 24.8 Å². The molecule has 1 fully saturated rings. The molecule has 8 heteroatoms. The van der Waals surface area contributed by atoms with Gasteiger partial charge in [-0.2, -0.15) is 0 Å². The standard InChI is InChI=1S/C18H26FN3O3.ClH/c1-12-4-5-14(10-16(12)19)20-18(25)13(2)22-8-6-15(7-9-22)21(3)11-17(23)24;/h4-5,10,13,15H,6-9,11H2,1-3H3,(H,20,25)(H,23,24);1H. The Morgan fingerprint density at radius 1 is 1.38 bits per heavy atom. The van der Waals surface area contributed by atoms with E-state index in [0.717, 1.165) is 25.9 Å². The second-order valence-corrected chi connectivity index (χ2v) is 6.71. The maximum absolute atomic E-state index is 13.6. The summed E-state index contributed by atoms with van der Waals surface area (Å²) in [5, 5.41) is 11.6. The molecule has 1 amide bonds. The van der Waals surface area contributed by atoms with Crippen LogP contribution < -0.4 is 5.32 Å². The zero-order chi connectivity index (χ0) is 18.6. The van der Waals surface area contributed by atoms with E-state index in [4.69, 9.17) is 5.11 Å². The van der Waals surface area contributed by atoms with Crippen molar-refractivity contribution in [1.29, 1.82) is 0 Å². The van der Waals surface area contributed by atoms with Crippen molar-refractivity contribution >= 4 is 30.0 Å². The minimum atomic E-state index is -0.831. The van der Waals surface area contributed by atoms with Gasteiger partial charge in [-0.1, -0.05) is 6.07 Å². The number of likely N-dealkylation sites (tertiary alicyclic amines) is 1. The number of carboxylic acid groups (broad SMARTS) is 1. The maximum Gasteiger partial charge on any atom is 0.317 e. The largest absolute Gasteiger partial charge is 0.480 e. The fourth-order valence-corrected chi connectivity index (χ4v) is 3.14. The molecule has 26 heavy (non-hydrogen) atoms. The number of hydrogen-bond donors (Lipinski definition) is 2. The highest BCUT2D eigenvalue weighted by Crippen LogP contribution is 2.19. The summed E-state index contributed by atoms with van der Waals surface area (Å²) in [6.07, 6.45) is 1.64. The fourth-order valence-electron chi connectivity index (χ4n) is 3.14. The SMILES string of the molecule is Cc1ccc(NC(=O)C(C)N2CCC(N(C)CC(=O)O)CC2)cc1F.Cl. The molecule has 0 saturated carbocycles. The molecule has 0 aliphatic carbocycles. The molecular weight excluding hydrogens is 361 g/mol. The molecule has 2 rings (SSSR count). The summed E-state index contributed by atoms with van der Waals surface area (Å²) in [7, 11) is 1.82. The Balaban J connectivity index is 0.00000338. The van der Waals surface area contributed by atoms with Crippen LogP contribution >= 0.6 is 12.4 Å². The van der Waals surface area contributed by atoms with Gasteiger partial charge in [-0.3, -0.25) is 19.4 Å². The quantitative estimate of drug-likeness (QED) is 0.784. The summed E-state index contributed by atoms with van der Waals surface area (Å²) in [4.78, 5) is 27.1. The number of nitrogens with one attached hydrogen (secondary N) is 1. The highest BCUT2D eigenvalue weighted by Gasteiger charge is 2.28. The number of likely N-dealkylation sites (N-methyl/N-ethyl adjacent to an activating group) is 1. The zero-order valence-electron chi connectivity index (χ0n) is 15.4. The molecule has 1 heterocycles. The molecule has 1 unspecified atom stereocenters. The van der Waals surface area contributed by atoms with Crippen LogP contribution in [-0.4, -0.2) is 65.5 Å². The number of carboxylic acids is 1. The number of aliphatic carboxylic acids is 1. The lowest BCUT2D eigenvalue weighted by Gasteiger charge is -2.38. The van der Waals surface area contributed by atoms with E-state index in [9.17, 15) is 14.0 Å². The first-order chi connectivity index (χ1) is 11.8. The van der Waals surface area contributed by atoms with Crippen LogP contribution in [0.5, 0.6) is 0 Å². The van der Waals surface area contributed by atoms with Gasteiger partial charge in [-0.25, -0.2) is 4.39 Å². The number of carbonyl (C=O) groups is 2. The Bertz CT molecular complexity index is 636. The molecule has 1 saturated heterocycles. The van der Waals surface area contributed by atoms with Crippen LogP contribution in [0.4, 0.5) is 10.1 Å². The molecule has 2 N–H and O–H groups in total. The lowest BCUT2D eigenvalue weighted by Crippen LogP contribution is -2.50. The lowest BCUT2D eigenvalue weighted by atomic mass is 10.0. The highest BCUT2D eigenvalue weighted by atomic mass is 35.5. The van der Waals surface area contributed by atoms with Gasteiger partial charge in [0.05, 0.1) is 12.6 Å². The van der Waals surface area contributed by atoms with Gasteiger partial charge in [0.25, 0.3) is 0 Å². The zero-order valence-corrected chi connectivity index (χ0v) is 16.2. The van der Waals surface area contributed by atoms with Crippen molar-refractivity contribution in [2.24, 2.45) is 0 Å². The maximum atomic E-state index is 13.6. The number of piperidine rings is 1. The lowest BCUT2D eigenvalue weighted by molar-refractivity contribution is -0.138. The van der Waals surface area contributed by atoms with Crippen LogP contribution in [0.1, 0.15) is 25.3 Å². The topological polar surface area (TPSA) is 72.9 Å². The number of aryl methyl sites for hydroxylation is 1. The number of benzene rings is 1. The van der Waals surface area contributed by atoms with Gasteiger partial charge in [0.15, 0.2) is 0 Å². The molecule has 0 radical (unpaired) electrons. The van der Waals surface area contributed by atoms with E-state index in [1.54, 1.807) is 19.1 Å². The molecule has 1 atom stereocenters. The van der Waals surface area contributed by atoms with Crippen molar-refractivity contribution in [3.8, 4) is 0 Å². The summed E-state index contributed by atoms with van der Waals surface area (Å²) in [6, 6.07) is 4.55. The van der Waals surface area contributed by atoms with Crippen molar-refractivity contribution in [1.82, 2.24) is 9.80 Å². The van der Waals surface area contributed by atoms with Gasteiger partial charge in [0.2, 0.25) is 5.91 Å². The van der Waals surface area contributed by atoms with E-state index >= 15 is 0 Å². The average Bonchev–Trinajstić information content (AvgIpc) is 2.57. The van der Waals surface area contributed by atoms with E-state index in [1.165, 1.54) is 6.07 Å². The van der Waals surface area contributed by atoms with Crippen molar-refractivity contribution in [2.45, 2.75) is 38.8 Å². The van der Waals surface area contributed by atoms with E-state index in [2.05, 4.69) is 10.2 Å². The molecule has 0 spiro atoms. The molecule has 0 aromatic heterocycles. The van der Waals surface area contributed by atoms with Crippen LogP contribution in [0, 0.1) is 12.7 Å². The summed E-state index contributed by atoms with van der Waals surface area (Å²) in [5.74, 6) is -1.34. The Morgan fingerprint density at radius 3 is 2.54 bits per heavy atom. The van der Waals surface area contributed by atoms with E-state index in [-0.39, 0.29) is 42.8 Å². The third-order valence-corrected chi connectivity index (χ3v) is 4.87. The number of nitrogens with zero attached hydrogens (tertiary/aromatic N) is 2. The predicted molar refractivity (Wildman–Crippen MR) is 101 cm³/mol. The normalized spacial score (nSPS) is 16.8. The number of hydrogen-bond acceptors (Lipinski definition) is 4. The number of carbonyl (C=O) groups excluding carboxylic acids is 1. The average molecular weight is 388 g/mol. The van der Waals surface area contributed by atoms with Gasteiger partial charge in [0.1, 0.15) is 5.82 Å². The second kappa shape index (κ2) is 9.85. The summed E-state index contributed by atoms with van der Waals surface area (Å²) >= 11 is 0. The van der Waals surface area contributed by atoms with Crippen LogP contribution in [-0.2, 0) is 9.59 Å². The summed E-state index contributed by atoms with van der Waals surface area (Å²) in [6.45, 7) is 4.99. The minimum Gasteiger partial charge on any atom is -0.480 e. The molecule has 1 aliphatic rings. The molecule has 146 valence electrons. The van der Waals surface area contributed by atoms with Gasteiger partial charge in [-0.15, -0.1) is 12.4 Å². The monoisotopic (exact) mass is 387 g/mol. The van der Waals surface area contributed by atoms with Crippen LogP contribution in [0.3, 0.4) is 0 Å². The van der Waals surface area contributed by atoms with Gasteiger partial charge < -0.3 is 10.4 Å². The Hall–Kier alpha value is -1.70. The smallest absolute Gasteiger partial charge is 0.317 e. The molecule has 1 aromatic rings. The van der Waals surface area contributed by atoms with Crippen LogP contribution in [0.2, 0.25) is 0 Å². The van der Waals surface area contributed by atoms with Crippen molar-refractivity contribution < 1.29 is 19.1 Å². The first-order valence-corrected chi connectivity index (χ1v) is 8.51. The van der Waals surface area contributed by atoms with Gasteiger partial charge in [-0.05, 0) is 51.4 Å². The number of rotatable bonds is 6. The van der Waals surface area contributed by atoms with Crippen molar-refractivity contribution in [3.63, 3.8) is 0 Å². The van der Waals surface area contributed by atoms with Crippen LogP contribution in [0.25, 0.3) is 0 Å². The molecule has 0 bridgehead atoms. The van der Waals surface area contributed by atoms with Crippen LogP contribution in [0.15, 0.2) is 18.2 Å². The van der Waals surface area contributed by atoms with Gasteiger partial charge >= 0.3 is 5.97 Å². The number of anilines is 1. The first kappa shape index (κ1) is 22.3. The predicted octanol–water partition coefficient (Wildman–Crippen LogP) is 2.36. The molecular formula is C18H27ClFN3O3. The number of amides is 1. The van der Waals surface area contributed by atoms with Crippen molar-refractivity contribution in [2.75, 3.05) is 32.0 Å². The molecule has 1 aromatic carbocycles. The number of halogens is 2. The summed E-state index contributed by atoms with van der Waals surface area (Å²) in [5.41, 5.74) is 0.995. The highest BCUT2D eigenvalue weighted by molar-refractivity contribution is 5.94. The fraction of sp³-hybridized carbons (Fsp3) is 0.556. The second-order valence-electron chi connectivity index (χ2n) is 6.71. The summed E-state index contributed by atoms with van der Waals surface area (Å²) < 4.78 is 13.6. The minimum absolute atomic E-state index is 0. The van der Waals surface area contributed by atoms with E-state index in [1.807, 2.05) is 18.9 Å². The first-order valence-electron chi connectivity index (χ1n) is 8.51. The Morgan fingerprint density at radius 2 is 2.00 bits per heavy atom. The van der Waals surface area contributed by atoms with Crippen molar-refractivity contribution in [3.05, 3.63) is 29.6 Å². The Kier molecular flexibility index (Phi) is 8.46. The third-order valence-electron chi connectivity index (χ3n) is 4.87. The molecule has 6 nitrogen and oxygen atoms in total.